The van der Waals surface area contributed by atoms with Crippen LogP contribution in [0, 0.1) is 0 Å². The molecule has 2 heteroatoms. The number of hydrogen-bond acceptors (Lipinski definition) is 1. The van der Waals surface area contributed by atoms with Gasteiger partial charge < -0.3 is 9.47 Å². The second kappa shape index (κ2) is 15.8. The molecule has 0 atom stereocenters. The predicted octanol–water partition coefficient (Wildman–Crippen LogP) is 17.1. The average Bonchev–Trinajstić information content (AvgIpc) is 3.90. The van der Waals surface area contributed by atoms with Crippen LogP contribution in [0.1, 0.15) is 22.3 Å². The molecule has 11 aromatic carbocycles. The van der Waals surface area contributed by atoms with Crippen LogP contribution in [0.25, 0.3) is 71.6 Å². The Balaban J connectivity index is 0.936. The van der Waals surface area contributed by atoms with Crippen molar-refractivity contribution >= 4 is 49.6 Å². The van der Waals surface area contributed by atoms with Crippen molar-refractivity contribution in [2.75, 3.05) is 4.90 Å². The third-order valence-electron chi connectivity index (χ3n) is 14.1. The number of benzene rings is 11. The first-order chi connectivity index (χ1) is 33.3. The van der Waals surface area contributed by atoms with Crippen molar-refractivity contribution in [2.45, 2.75) is 5.41 Å². The molecule has 0 bridgehead atoms. The van der Waals surface area contributed by atoms with Gasteiger partial charge in [-0.3, -0.25) is 0 Å². The van der Waals surface area contributed by atoms with Crippen LogP contribution in [0.15, 0.2) is 267 Å². The monoisotopic (exact) mass is 852 g/mol. The highest BCUT2D eigenvalue weighted by Crippen LogP contribution is 2.58. The van der Waals surface area contributed by atoms with E-state index < -0.39 is 5.41 Å². The molecule has 0 radical (unpaired) electrons. The van der Waals surface area contributed by atoms with E-state index in [-0.39, 0.29) is 0 Å². The Morgan fingerprint density at radius 2 is 0.866 bits per heavy atom. The van der Waals surface area contributed by atoms with Gasteiger partial charge in [-0.25, -0.2) is 0 Å². The Labute approximate surface area is 390 Å². The first-order valence-electron chi connectivity index (χ1n) is 23.2. The largest absolute Gasteiger partial charge is 0.310 e. The van der Waals surface area contributed by atoms with Crippen LogP contribution in [0.5, 0.6) is 0 Å². The summed E-state index contributed by atoms with van der Waals surface area (Å²) in [7, 11) is 0. The summed E-state index contributed by atoms with van der Waals surface area (Å²) in [6.45, 7) is 0. The number of fused-ring (bicyclic) bond motifs is 7. The van der Waals surface area contributed by atoms with E-state index in [1.165, 1.54) is 93.9 Å². The van der Waals surface area contributed by atoms with Gasteiger partial charge in [0.15, 0.2) is 0 Å². The molecule has 0 unspecified atom stereocenters. The van der Waals surface area contributed by atoms with Gasteiger partial charge in [-0.05, 0) is 104 Å². The van der Waals surface area contributed by atoms with E-state index >= 15 is 0 Å². The Morgan fingerprint density at radius 3 is 1.63 bits per heavy atom. The third-order valence-corrected chi connectivity index (χ3v) is 14.1. The first-order valence-corrected chi connectivity index (χ1v) is 23.2. The van der Waals surface area contributed by atoms with Crippen LogP contribution >= 0.6 is 0 Å². The summed E-state index contributed by atoms with van der Waals surface area (Å²) in [5, 5.41) is 4.92. The van der Waals surface area contributed by atoms with Crippen molar-refractivity contribution in [3.8, 4) is 39.1 Å². The number of hydrogen-bond donors (Lipinski definition) is 0. The highest BCUT2D eigenvalue weighted by molar-refractivity contribution is 6.11. The molecule has 1 aliphatic carbocycles. The Hall–Kier alpha value is -8.72. The molecule has 13 rings (SSSR count). The predicted molar refractivity (Wildman–Crippen MR) is 281 cm³/mol. The number of rotatable bonds is 8. The number of anilines is 3. The van der Waals surface area contributed by atoms with E-state index in [1.54, 1.807) is 0 Å². The second-order valence-electron chi connectivity index (χ2n) is 17.6. The van der Waals surface area contributed by atoms with E-state index in [1.807, 2.05) is 0 Å². The molecule has 0 spiro atoms. The lowest BCUT2D eigenvalue weighted by atomic mass is 9.68. The van der Waals surface area contributed by atoms with Crippen LogP contribution in [0.4, 0.5) is 17.1 Å². The molecule has 0 aliphatic heterocycles. The summed E-state index contributed by atoms with van der Waals surface area (Å²) in [5.74, 6) is 0. The molecular formula is C65H44N2. The van der Waals surface area contributed by atoms with Crippen LogP contribution < -0.4 is 4.90 Å². The molecule has 314 valence electrons. The zero-order chi connectivity index (χ0) is 44.3. The van der Waals surface area contributed by atoms with E-state index in [0.29, 0.717) is 0 Å². The molecule has 1 aliphatic rings. The smallest absolute Gasteiger partial charge is 0.0714 e. The van der Waals surface area contributed by atoms with Crippen molar-refractivity contribution in [3.63, 3.8) is 0 Å². The van der Waals surface area contributed by atoms with Gasteiger partial charge in [0.2, 0.25) is 0 Å². The lowest BCUT2D eigenvalue weighted by Gasteiger charge is -2.34. The summed E-state index contributed by atoms with van der Waals surface area (Å²) in [6, 6.07) is 97.9. The fraction of sp³-hybridized carbons (Fsp3) is 0.0154. The minimum absolute atomic E-state index is 0.481. The molecule has 0 fully saturated rings. The van der Waals surface area contributed by atoms with Crippen LogP contribution in [0.3, 0.4) is 0 Å². The Kier molecular flexibility index (Phi) is 9.11. The van der Waals surface area contributed by atoms with E-state index in [9.17, 15) is 0 Å². The van der Waals surface area contributed by atoms with Crippen molar-refractivity contribution in [1.82, 2.24) is 4.57 Å². The molecule has 1 aromatic heterocycles. The lowest BCUT2D eigenvalue weighted by Crippen LogP contribution is -2.28. The highest BCUT2D eigenvalue weighted by Gasteiger charge is 2.47. The van der Waals surface area contributed by atoms with Gasteiger partial charge in [-0.15, -0.1) is 0 Å². The standard InChI is InChI=1S/C65H44N2/c1-4-22-50(23-5-1)65(51-24-6-2-7-25-51)58-32-14-12-31-57(58)64-59(65)33-18-36-62(64)67-61-34-15-13-30-55(61)56-42-41-49(44-63(56)67)46-39-37-45(38-40-46)48-21-16-28-53(43-48)66(52-26-8-3-9-27-52)60-35-17-20-47-19-10-11-29-54(47)60/h1-44H. The topological polar surface area (TPSA) is 8.17 Å². The molecule has 0 saturated carbocycles. The minimum Gasteiger partial charge on any atom is -0.310 e. The maximum atomic E-state index is 2.52. The second-order valence-corrected chi connectivity index (χ2v) is 17.6. The molecular weight excluding hydrogens is 809 g/mol. The molecule has 2 nitrogen and oxygen atoms in total. The van der Waals surface area contributed by atoms with Gasteiger partial charge in [0.1, 0.15) is 0 Å². The molecule has 0 N–H and O–H groups in total. The molecule has 67 heavy (non-hydrogen) atoms. The molecule has 0 saturated heterocycles. The Bertz CT molecular complexity index is 3750. The van der Waals surface area contributed by atoms with Crippen molar-refractivity contribution in [2.24, 2.45) is 0 Å². The van der Waals surface area contributed by atoms with Crippen LogP contribution in [-0.4, -0.2) is 4.57 Å². The van der Waals surface area contributed by atoms with Crippen molar-refractivity contribution in [3.05, 3.63) is 289 Å². The van der Waals surface area contributed by atoms with Gasteiger partial charge in [-0.2, -0.15) is 0 Å². The van der Waals surface area contributed by atoms with E-state index in [0.717, 1.165) is 17.1 Å². The lowest BCUT2D eigenvalue weighted by molar-refractivity contribution is 0.768. The zero-order valence-corrected chi connectivity index (χ0v) is 36.8. The maximum absolute atomic E-state index is 2.52. The van der Waals surface area contributed by atoms with Crippen molar-refractivity contribution < 1.29 is 0 Å². The normalized spacial score (nSPS) is 12.6. The molecule has 12 aromatic rings. The summed E-state index contributed by atoms with van der Waals surface area (Å²) in [6.07, 6.45) is 0. The highest BCUT2D eigenvalue weighted by atomic mass is 15.1. The van der Waals surface area contributed by atoms with Gasteiger partial charge in [0, 0.05) is 33.1 Å². The maximum Gasteiger partial charge on any atom is 0.0714 e. The fourth-order valence-electron chi connectivity index (χ4n) is 11.2. The van der Waals surface area contributed by atoms with Gasteiger partial charge in [0.25, 0.3) is 0 Å². The van der Waals surface area contributed by atoms with Crippen molar-refractivity contribution in [1.29, 1.82) is 0 Å². The Morgan fingerprint density at radius 1 is 0.328 bits per heavy atom. The third kappa shape index (κ3) is 6.11. The number of nitrogens with zero attached hydrogens (tertiary/aromatic N) is 2. The SMILES string of the molecule is c1ccc(N(c2cccc(-c3ccc(-c4ccc5c6ccccc6n(-c6cccc7c6-c6ccccc6C7(c6ccccc6)c6ccccc6)c5c4)cc3)c2)c2cccc3ccccc23)cc1. The van der Waals surface area contributed by atoms with Gasteiger partial charge in [-0.1, -0.05) is 218 Å². The van der Waals surface area contributed by atoms with Crippen LogP contribution in [-0.2, 0) is 5.41 Å². The summed E-state index contributed by atoms with van der Waals surface area (Å²) in [4.78, 5) is 2.37. The van der Waals surface area contributed by atoms with E-state index in [4.69, 9.17) is 0 Å². The number of para-hydroxylation sites is 2. The van der Waals surface area contributed by atoms with Gasteiger partial charge >= 0.3 is 0 Å². The minimum atomic E-state index is -0.481. The molecule has 0 amide bonds. The summed E-state index contributed by atoms with van der Waals surface area (Å²) < 4.78 is 2.52. The average molecular weight is 853 g/mol. The molecule has 1 heterocycles. The van der Waals surface area contributed by atoms with Crippen LogP contribution in [0.2, 0.25) is 0 Å². The van der Waals surface area contributed by atoms with Gasteiger partial charge in [0.05, 0.1) is 27.8 Å². The zero-order valence-electron chi connectivity index (χ0n) is 36.8. The quantitative estimate of drug-likeness (QED) is 0.148. The number of aromatic nitrogens is 1. The van der Waals surface area contributed by atoms with E-state index in [2.05, 4.69) is 276 Å². The fourth-order valence-corrected chi connectivity index (χ4v) is 11.2. The first kappa shape index (κ1) is 38.7. The summed E-state index contributed by atoms with van der Waals surface area (Å²) in [5.41, 5.74) is 18.9. The summed E-state index contributed by atoms with van der Waals surface area (Å²) >= 11 is 0.